The number of piperazine rings is 1. The van der Waals surface area contributed by atoms with Gasteiger partial charge in [-0.1, -0.05) is 0 Å². The van der Waals surface area contributed by atoms with Crippen LogP contribution in [0.1, 0.15) is 23.6 Å². The lowest BCUT2D eigenvalue weighted by molar-refractivity contribution is 0.144. The molecule has 6 heteroatoms. The van der Waals surface area contributed by atoms with Crippen LogP contribution in [0.15, 0.2) is 6.07 Å². The Labute approximate surface area is 99.1 Å². The van der Waals surface area contributed by atoms with E-state index in [1.54, 1.807) is 6.92 Å². The van der Waals surface area contributed by atoms with Gasteiger partial charge in [-0.15, -0.1) is 0 Å². The minimum atomic E-state index is -2.53. The van der Waals surface area contributed by atoms with Crippen LogP contribution in [0.3, 0.4) is 0 Å². The van der Waals surface area contributed by atoms with Crippen LogP contribution in [0, 0.1) is 6.92 Å². The molecule has 2 heterocycles. The zero-order valence-electron chi connectivity index (χ0n) is 9.79. The minimum Gasteiger partial charge on any atom is -0.314 e. The summed E-state index contributed by atoms with van der Waals surface area (Å²) in [6, 6.07) is 1.34. The minimum absolute atomic E-state index is 0.178. The van der Waals surface area contributed by atoms with Crippen LogP contribution in [0.2, 0.25) is 0 Å². The quantitative estimate of drug-likeness (QED) is 0.862. The maximum Gasteiger partial charge on any atom is 0.280 e. The van der Waals surface area contributed by atoms with Crippen LogP contribution in [0.5, 0.6) is 0 Å². The maximum absolute atomic E-state index is 12.6. The normalized spacial score (nSPS) is 17.6. The summed E-state index contributed by atoms with van der Waals surface area (Å²) < 4.78 is 25.2. The molecule has 0 radical (unpaired) electrons. The van der Waals surface area contributed by atoms with Gasteiger partial charge in [-0.25, -0.2) is 18.7 Å². The third-order valence-electron chi connectivity index (χ3n) is 2.72. The third kappa shape index (κ3) is 3.41. The predicted molar refractivity (Wildman–Crippen MR) is 59.9 cm³/mol. The topological polar surface area (TPSA) is 41.1 Å². The SMILES string of the molecule is Cc1cc(C(F)F)nc(CN2CCNCC2)n1. The molecule has 0 aliphatic carbocycles. The van der Waals surface area contributed by atoms with Gasteiger partial charge in [0.25, 0.3) is 6.43 Å². The van der Waals surface area contributed by atoms with Crippen LogP contribution < -0.4 is 5.32 Å². The summed E-state index contributed by atoms with van der Waals surface area (Å²) in [4.78, 5) is 10.3. The van der Waals surface area contributed by atoms with Crippen molar-refractivity contribution in [2.75, 3.05) is 26.2 Å². The molecule has 0 bridgehead atoms. The molecule has 0 unspecified atom stereocenters. The van der Waals surface area contributed by atoms with Crippen LogP contribution in [-0.4, -0.2) is 41.0 Å². The highest BCUT2D eigenvalue weighted by molar-refractivity contribution is 5.11. The number of aromatic nitrogens is 2. The molecule has 1 saturated heterocycles. The molecule has 17 heavy (non-hydrogen) atoms. The van der Waals surface area contributed by atoms with Crippen molar-refractivity contribution in [3.8, 4) is 0 Å². The highest BCUT2D eigenvalue weighted by Gasteiger charge is 2.15. The van der Waals surface area contributed by atoms with Crippen molar-refractivity contribution >= 4 is 0 Å². The number of aryl methyl sites for hydroxylation is 1. The van der Waals surface area contributed by atoms with Crippen LogP contribution in [-0.2, 0) is 6.54 Å². The fraction of sp³-hybridized carbons (Fsp3) is 0.636. The largest absolute Gasteiger partial charge is 0.314 e. The van der Waals surface area contributed by atoms with Gasteiger partial charge in [0, 0.05) is 31.9 Å². The van der Waals surface area contributed by atoms with Crippen LogP contribution >= 0.6 is 0 Å². The second kappa shape index (κ2) is 5.46. The molecule has 1 aromatic rings. The maximum atomic E-state index is 12.6. The van der Waals surface area contributed by atoms with E-state index in [9.17, 15) is 8.78 Å². The second-order valence-electron chi connectivity index (χ2n) is 4.18. The van der Waals surface area contributed by atoms with E-state index >= 15 is 0 Å². The molecule has 1 fully saturated rings. The summed E-state index contributed by atoms with van der Waals surface area (Å²) in [5, 5.41) is 3.24. The summed E-state index contributed by atoms with van der Waals surface area (Å²) in [7, 11) is 0. The van der Waals surface area contributed by atoms with Crippen molar-refractivity contribution in [1.29, 1.82) is 0 Å². The lowest BCUT2D eigenvalue weighted by atomic mass is 10.3. The van der Waals surface area contributed by atoms with Crippen molar-refractivity contribution < 1.29 is 8.78 Å². The van der Waals surface area contributed by atoms with E-state index in [2.05, 4.69) is 20.2 Å². The number of nitrogens with zero attached hydrogens (tertiary/aromatic N) is 3. The molecule has 1 aliphatic heterocycles. The number of hydrogen-bond acceptors (Lipinski definition) is 4. The molecule has 2 rings (SSSR count). The van der Waals surface area contributed by atoms with Crippen molar-refractivity contribution in [3.05, 3.63) is 23.3 Å². The summed E-state index contributed by atoms with van der Waals surface area (Å²) in [6.07, 6.45) is -2.53. The first kappa shape index (κ1) is 12.3. The summed E-state index contributed by atoms with van der Waals surface area (Å²) >= 11 is 0. The number of nitrogens with one attached hydrogen (secondary N) is 1. The Morgan fingerprint density at radius 3 is 2.71 bits per heavy atom. The van der Waals surface area contributed by atoms with E-state index in [0.29, 0.717) is 18.1 Å². The van der Waals surface area contributed by atoms with Gasteiger partial charge in [0.2, 0.25) is 0 Å². The number of hydrogen-bond donors (Lipinski definition) is 1. The molecule has 94 valence electrons. The molecule has 0 spiro atoms. The van der Waals surface area contributed by atoms with Gasteiger partial charge in [0.05, 0.1) is 6.54 Å². The highest BCUT2D eigenvalue weighted by Crippen LogP contribution is 2.17. The van der Waals surface area contributed by atoms with E-state index in [-0.39, 0.29) is 5.69 Å². The van der Waals surface area contributed by atoms with E-state index < -0.39 is 6.43 Å². The van der Waals surface area contributed by atoms with Crippen LogP contribution in [0.4, 0.5) is 8.78 Å². The van der Waals surface area contributed by atoms with Gasteiger partial charge in [-0.3, -0.25) is 4.90 Å². The Bertz CT molecular complexity index is 378. The Hall–Kier alpha value is -1.14. The van der Waals surface area contributed by atoms with Gasteiger partial charge in [0.1, 0.15) is 11.5 Å². The molecular weight excluding hydrogens is 226 g/mol. The molecule has 1 aromatic heterocycles. The average Bonchev–Trinajstić information content (AvgIpc) is 2.29. The smallest absolute Gasteiger partial charge is 0.280 e. The van der Waals surface area contributed by atoms with Crippen molar-refractivity contribution in [1.82, 2.24) is 20.2 Å². The fourth-order valence-corrected chi connectivity index (χ4v) is 1.91. The number of rotatable bonds is 3. The lowest BCUT2D eigenvalue weighted by Crippen LogP contribution is -2.43. The van der Waals surface area contributed by atoms with Gasteiger partial charge in [0.15, 0.2) is 0 Å². The van der Waals surface area contributed by atoms with Crippen molar-refractivity contribution in [2.45, 2.75) is 19.9 Å². The van der Waals surface area contributed by atoms with E-state index in [0.717, 1.165) is 26.2 Å². The Balaban J connectivity index is 2.09. The highest BCUT2D eigenvalue weighted by atomic mass is 19.3. The second-order valence-corrected chi connectivity index (χ2v) is 4.18. The molecular formula is C11H16F2N4. The zero-order valence-corrected chi connectivity index (χ0v) is 9.79. The van der Waals surface area contributed by atoms with Gasteiger partial charge in [-0.05, 0) is 13.0 Å². The number of halogens is 2. The van der Waals surface area contributed by atoms with E-state index in [4.69, 9.17) is 0 Å². The van der Waals surface area contributed by atoms with Gasteiger partial charge in [-0.2, -0.15) is 0 Å². The first-order valence-electron chi connectivity index (χ1n) is 5.71. The number of alkyl halides is 2. The van der Waals surface area contributed by atoms with Gasteiger partial charge >= 0.3 is 0 Å². The van der Waals surface area contributed by atoms with Crippen molar-refractivity contribution in [3.63, 3.8) is 0 Å². The predicted octanol–water partition coefficient (Wildman–Crippen LogP) is 1.13. The van der Waals surface area contributed by atoms with Crippen molar-refractivity contribution in [2.24, 2.45) is 0 Å². The third-order valence-corrected chi connectivity index (χ3v) is 2.72. The summed E-state index contributed by atoms with van der Waals surface area (Å²) in [5.74, 6) is 0.488. The average molecular weight is 242 g/mol. The molecule has 0 aromatic carbocycles. The first-order valence-corrected chi connectivity index (χ1v) is 5.71. The van der Waals surface area contributed by atoms with E-state index in [1.165, 1.54) is 6.07 Å². The monoisotopic (exact) mass is 242 g/mol. The van der Waals surface area contributed by atoms with E-state index in [1.807, 2.05) is 0 Å². The fourth-order valence-electron chi connectivity index (χ4n) is 1.91. The first-order chi connectivity index (χ1) is 8.15. The zero-order chi connectivity index (χ0) is 12.3. The standard InChI is InChI=1S/C11H16F2N4/c1-8-6-9(11(12)13)16-10(15-8)7-17-4-2-14-3-5-17/h6,11,14H,2-5,7H2,1H3. The molecule has 0 amide bonds. The Kier molecular flexibility index (Phi) is 3.96. The van der Waals surface area contributed by atoms with Crippen LogP contribution in [0.25, 0.3) is 0 Å². The molecule has 1 N–H and O–H groups in total. The Morgan fingerprint density at radius 2 is 2.06 bits per heavy atom. The summed E-state index contributed by atoms with van der Waals surface area (Å²) in [5.41, 5.74) is 0.420. The van der Waals surface area contributed by atoms with Gasteiger partial charge < -0.3 is 5.32 Å². The molecule has 4 nitrogen and oxygen atoms in total. The summed E-state index contributed by atoms with van der Waals surface area (Å²) in [6.45, 7) is 5.92. The molecule has 0 atom stereocenters. The molecule has 1 aliphatic rings. The Morgan fingerprint density at radius 1 is 1.35 bits per heavy atom. The lowest BCUT2D eigenvalue weighted by Gasteiger charge is -2.26. The molecule has 0 saturated carbocycles.